The van der Waals surface area contributed by atoms with Crippen molar-refractivity contribution >= 4 is 149 Å². The second kappa shape index (κ2) is 61.6. The Kier molecular flexibility index (Phi) is 49.3. The first-order valence-corrected chi connectivity index (χ1v) is 52.4. The Hall–Kier alpha value is -16.8. The molecule has 0 radical (unpaired) electrons. The lowest BCUT2D eigenvalue weighted by molar-refractivity contribution is -0.903. The number of hydrogen-bond donors (Lipinski definition) is 13. The van der Waals surface area contributed by atoms with Gasteiger partial charge in [0.15, 0.2) is 0 Å². The lowest BCUT2D eigenvalue weighted by atomic mass is 10.0. The highest BCUT2D eigenvalue weighted by Gasteiger charge is 2.21. The van der Waals surface area contributed by atoms with Gasteiger partial charge >= 0.3 is 0 Å². The van der Waals surface area contributed by atoms with Gasteiger partial charge in [-0.15, -0.1) is 23.2 Å². The van der Waals surface area contributed by atoms with Gasteiger partial charge in [-0.2, -0.15) is 0 Å². The third kappa shape index (κ3) is 29.3. The lowest BCUT2D eigenvalue weighted by Crippen LogP contribution is -2.27. The molecule has 0 amide bonds. The maximum Gasteiger partial charge on any atom is 0.258 e. The molecule has 18 aromatic heterocycles. The first kappa shape index (κ1) is 120. The first-order valence-electron chi connectivity index (χ1n) is 51.3. The fourth-order valence-corrected chi connectivity index (χ4v) is 16.5. The molecule has 28 heteroatoms. The van der Waals surface area contributed by atoms with E-state index in [0.717, 1.165) is 171 Å². The van der Waals surface area contributed by atoms with Crippen molar-refractivity contribution in [2.45, 2.75) is 180 Å². The molecule has 5 aromatic carbocycles. The molecular weight excluding hydrogens is 1920 g/mol. The molecule has 23 aromatic rings. The van der Waals surface area contributed by atoms with E-state index in [1.54, 1.807) is 74.8 Å². The number of pyridine rings is 12. The topological polar surface area (TPSA) is 390 Å². The number of alkyl halides is 2. The third-order valence-electron chi connectivity index (χ3n) is 22.7. The Labute approximate surface area is 884 Å². The number of allylic oxidation sites excluding steroid dienone is 1. The van der Waals surface area contributed by atoms with Crippen LogP contribution in [0.25, 0.3) is 183 Å². The maximum absolute atomic E-state index is 12.5. The second-order valence-corrected chi connectivity index (χ2v) is 31.5. The fourth-order valence-electron chi connectivity index (χ4n) is 16.5. The SMILES string of the molecule is C1=Cc2ccncc2C1.CC.CC.CC.CC.CC.CC.CC.CC.CC.CC.COc1ccc2[nH]c(-c3c(C)c4ccccc4[nH]c3=O)cc2n1.Cc1c(-c2cc3[nH]c(=O)ccc3[nH]2)c(=O)[nH]c2ccccc12.Cc1c(-c2cc3c[n+](O)ccc3[nH]2)c(=O)[nH]c2ccccc12.Cc1c(-c2cc3ccncc3[nH]2)c(=O)[nH]c2ccccc12.Cc1c(-c2cc3cnccc3[nH]2)c(=O)[nH]c2ccccc12.ClCCl.c1cc2cc[nH]c2cn1. The van der Waals surface area contributed by atoms with Gasteiger partial charge in [-0.3, -0.25) is 53.9 Å². The van der Waals surface area contributed by atoms with Crippen molar-refractivity contribution in [3.05, 3.63) is 388 Å². The van der Waals surface area contributed by atoms with E-state index in [0.29, 0.717) is 44.9 Å². The van der Waals surface area contributed by atoms with Crippen molar-refractivity contribution in [3.8, 4) is 62.2 Å². The highest BCUT2D eigenvalue weighted by atomic mass is 35.5. The number of aryl methyl sites for hydroxylation is 5. The van der Waals surface area contributed by atoms with Gasteiger partial charge in [-0.25, -0.2) is 4.98 Å². The largest absolute Gasteiger partial charge is 0.481 e. The van der Waals surface area contributed by atoms with E-state index in [-0.39, 0.29) is 38.7 Å². The van der Waals surface area contributed by atoms with Gasteiger partial charge in [-0.05, 0) is 183 Å². The summed E-state index contributed by atoms with van der Waals surface area (Å²) in [5.41, 5.74) is 25.0. The zero-order chi connectivity index (χ0) is 110. The van der Waals surface area contributed by atoms with Crippen LogP contribution in [0.3, 0.4) is 0 Å². The molecule has 13 N–H and O–H groups in total. The number of nitrogens with zero attached hydrogens (tertiary/aromatic N) is 6. The van der Waals surface area contributed by atoms with Crippen molar-refractivity contribution in [1.29, 1.82) is 0 Å². The Morgan fingerprint density at radius 1 is 0.320 bits per heavy atom. The Morgan fingerprint density at radius 2 is 0.673 bits per heavy atom. The van der Waals surface area contributed by atoms with E-state index in [1.165, 1.54) is 22.6 Å². The fraction of sp³-hybridized carbons (Fsp3) is 0.230. The number of benzene rings is 5. The zero-order valence-electron chi connectivity index (χ0n) is 90.9. The molecule has 782 valence electrons. The smallest absolute Gasteiger partial charge is 0.258 e. The van der Waals surface area contributed by atoms with Crippen molar-refractivity contribution in [1.82, 2.24) is 84.7 Å². The van der Waals surface area contributed by atoms with Crippen LogP contribution in [-0.2, 0) is 6.42 Å². The van der Waals surface area contributed by atoms with E-state index in [4.69, 9.17) is 27.9 Å². The molecule has 18 heterocycles. The van der Waals surface area contributed by atoms with Crippen LogP contribution in [0, 0.1) is 34.6 Å². The average Bonchev–Trinajstić information content (AvgIpc) is 1.57. The monoisotopic (exact) mass is 2060 g/mol. The molecule has 0 atom stereocenters. The summed E-state index contributed by atoms with van der Waals surface area (Å²) in [5.74, 6) is 0.548. The molecule has 0 spiro atoms. The van der Waals surface area contributed by atoms with E-state index in [9.17, 15) is 34.0 Å². The van der Waals surface area contributed by atoms with Gasteiger partial charge in [0.1, 0.15) is 0 Å². The van der Waals surface area contributed by atoms with Gasteiger partial charge in [0.05, 0.1) is 125 Å². The predicted octanol–water partition coefficient (Wildman–Crippen LogP) is 30.2. The van der Waals surface area contributed by atoms with Crippen LogP contribution >= 0.6 is 23.2 Å². The molecule has 24 rings (SSSR count). The first-order chi connectivity index (χ1) is 73.3. The van der Waals surface area contributed by atoms with E-state index >= 15 is 0 Å². The number of nitrogens with one attached hydrogen (secondary N) is 12. The molecule has 150 heavy (non-hydrogen) atoms. The molecule has 0 saturated heterocycles. The maximum atomic E-state index is 12.5. The van der Waals surface area contributed by atoms with Crippen molar-refractivity contribution < 1.29 is 14.7 Å². The van der Waals surface area contributed by atoms with Crippen LogP contribution in [-0.4, -0.2) is 102 Å². The molecule has 0 fully saturated rings. The lowest BCUT2D eigenvalue weighted by Gasteiger charge is -2.07. The molecule has 26 nitrogen and oxygen atoms in total. The predicted molar refractivity (Wildman–Crippen MR) is 634 cm³/mol. The molecule has 0 unspecified atom stereocenters. The van der Waals surface area contributed by atoms with Crippen LogP contribution in [0.4, 0.5) is 0 Å². The summed E-state index contributed by atoms with van der Waals surface area (Å²) in [7, 11) is 1.58. The number of fused-ring (bicyclic) bond motifs is 12. The zero-order valence-corrected chi connectivity index (χ0v) is 92.4. The van der Waals surface area contributed by atoms with Crippen LogP contribution in [0.5, 0.6) is 5.88 Å². The highest BCUT2D eigenvalue weighted by molar-refractivity contribution is 6.40. The average molecular weight is 2060 g/mol. The number of ether oxygens (including phenoxy) is 1. The summed E-state index contributed by atoms with van der Waals surface area (Å²) in [5, 5.41) is 19.0. The summed E-state index contributed by atoms with van der Waals surface area (Å²) < 4.78 is 6.15. The number of aromatic nitrogens is 18. The van der Waals surface area contributed by atoms with Crippen molar-refractivity contribution in [3.63, 3.8) is 0 Å². The molecular formula is C122H143Cl2N18O8+. The number of rotatable bonds is 6. The Bertz CT molecular complexity index is 8380. The highest BCUT2D eigenvalue weighted by Crippen LogP contribution is 2.34. The molecule has 1 aliphatic rings. The summed E-state index contributed by atoms with van der Waals surface area (Å²) in [6.07, 6.45) is 24.8. The van der Waals surface area contributed by atoms with Crippen LogP contribution in [0.1, 0.15) is 177 Å². The number of halogens is 2. The van der Waals surface area contributed by atoms with Gasteiger partial charge in [0.25, 0.3) is 27.8 Å². The van der Waals surface area contributed by atoms with Crippen LogP contribution in [0.15, 0.2) is 315 Å². The third-order valence-corrected chi connectivity index (χ3v) is 22.7. The summed E-state index contributed by atoms with van der Waals surface area (Å²) in [6.45, 7) is 49.8. The molecule has 0 bridgehead atoms. The number of para-hydroxylation sites is 5. The van der Waals surface area contributed by atoms with Gasteiger partial charge in [0.2, 0.25) is 23.8 Å². The normalized spacial score (nSPS) is 10.2. The standard InChI is InChI=1S/C18H15N3O2.2C17H13N3O2.2C17H13N3O.C8H7N.C7H6N2.10C2H6.CH2Cl2/c1-10-11-5-3-4-6-12(11)21-18(22)17(10)15-9-14-13(19-15)7-8-16(20-14)23-2;1-10-12-4-2-3-5-14(12)19-17(21)16(10)15-8-11-9-20(22)7-6-13(11)18-15;1-9-10-4-2-3-5-11(10)20-17(22)16(9)14-8-13-12(18-14)6-7-15(21)19-13;1-10-12-4-2-3-5-14(12)20-17(21)16(10)15-8-11-9-18-7-6-13(11)19-15;1-10-12-4-2-3-5-13(12)20-17(21)16(10)14-8-11-6-7-18-9-15(11)19-14;1-2-7-4-5-9-6-8(7)3-1;1-3-8-5-7-6(1)2-4-9-7;10*1-2;2-1-3/h3-9,19H,1-2H3,(H,21,22);2-9,22H,1H3,(H,19,21);2-8,18H,1H3,(H,19,21)(H,20,22);2*2-9,19H,1H3,(H,20,21);1-2,4-6H,3H2;1-5,9H;10*1-2H3;1H2/p+1. The van der Waals surface area contributed by atoms with Crippen molar-refractivity contribution in [2.75, 3.05) is 12.4 Å². The van der Waals surface area contributed by atoms with Crippen molar-refractivity contribution in [2.24, 2.45) is 0 Å². The summed E-state index contributed by atoms with van der Waals surface area (Å²) >= 11 is 9.53. The van der Waals surface area contributed by atoms with Crippen LogP contribution < -0.4 is 42.8 Å². The second-order valence-electron chi connectivity index (χ2n) is 30.7. The van der Waals surface area contributed by atoms with Gasteiger partial charge in [-0.1, -0.05) is 242 Å². The Morgan fingerprint density at radius 3 is 1.10 bits per heavy atom. The minimum Gasteiger partial charge on any atom is -0.481 e. The minimum absolute atomic E-state index is 0.0780. The number of hydrogen-bond acceptors (Lipinski definition) is 13. The van der Waals surface area contributed by atoms with E-state index < -0.39 is 0 Å². The summed E-state index contributed by atoms with van der Waals surface area (Å²) in [4.78, 5) is 131. The quantitative estimate of drug-likeness (QED) is 0.0419. The molecule has 1 aliphatic carbocycles. The Balaban J connectivity index is 0.000000232. The molecule has 0 saturated carbocycles. The molecule has 0 aliphatic heterocycles. The van der Waals surface area contributed by atoms with E-state index in [2.05, 4.69) is 96.9 Å². The number of methoxy groups -OCH3 is 1. The summed E-state index contributed by atoms with van der Waals surface area (Å²) in [6, 6.07) is 66.9. The number of aromatic amines is 12. The number of H-pyrrole nitrogens is 12. The van der Waals surface area contributed by atoms with Gasteiger partial charge < -0.3 is 64.5 Å². The van der Waals surface area contributed by atoms with Crippen LogP contribution in [0.2, 0.25) is 0 Å². The van der Waals surface area contributed by atoms with E-state index in [1.807, 2.05) is 380 Å². The van der Waals surface area contributed by atoms with Gasteiger partial charge in [0, 0.05) is 142 Å². The minimum atomic E-state index is -0.165.